The second-order valence-corrected chi connectivity index (χ2v) is 7.38. The summed E-state index contributed by atoms with van der Waals surface area (Å²) in [6.45, 7) is 5.38. The number of benzene rings is 1. The van der Waals surface area contributed by atoms with Crippen LogP contribution in [0.1, 0.15) is 51.5 Å². The smallest absolute Gasteiger partial charge is 0.324 e. The molecule has 0 saturated carbocycles. The van der Waals surface area contributed by atoms with Gasteiger partial charge in [0, 0.05) is 10.7 Å². The minimum absolute atomic E-state index is 0.319. The molecule has 0 aromatic heterocycles. The second-order valence-electron chi connectivity index (χ2n) is 6.98. The van der Waals surface area contributed by atoms with Crippen molar-refractivity contribution in [2.24, 2.45) is 0 Å². The van der Waals surface area contributed by atoms with Crippen LogP contribution in [0.5, 0.6) is 0 Å². The summed E-state index contributed by atoms with van der Waals surface area (Å²) in [6.07, 6.45) is 4.65. The molecule has 2 rings (SSSR count). The lowest BCUT2D eigenvalue weighted by Crippen LogP contribution is -2.44. The number of halogens is 1. The van der Waals surface area contributed by atoms with Gasteiger partial charge in [-0.2, -0.15) is 0 Å². The zero-order valence-corrected chi connectivity index (χ0v) is 16.3. The zero-order valence-electron chi connectivity index (χ0n) is 15.5. The van der Waals surface area contributed by atoms with Gasteiger partial charge in [0.05, 0.1) is 0 Å². The molecule has 1 fully saturated rings. The number of unbranched alkanes of at least 4 members (excludes halogenated alkanes) is 3. The first kappa shape index (κ1) is 20.2. The summed E-state index contributed by atoms with van der Waals surface area (Å²) in [5, 5.41) is 5.94. The highest BCUT2D eigenvalue weighted by Crippen LogP contribution is 2.24. The van der Waals surface area contributed by atoms with Crippen LogP contribution in [0.4, 0.5) is 10.5 Å². The average Bonchev–Trinajstić information content (AvgIpc) is 2.79. The predicted octanol–water partition coefficient (Wildman–Crippen LogP) is 3.87. The minimum atomic E-state index is -0.932. The molecule has 1 aliphatic rings. The summed E-state index contributed by atoms with van der Waals surface area (Å²) in [5.74, 6) is -0.792. The maximum absolute atomic E-state index is 12.6. The maximum Gasteiger partial charge on any atom is 0.325 e. The van der Waals surface area contributed by atoms with Gasteiger partial charge in [-0.1, -0.05) is 50.3 Å². The number of hydrogen-bond acceptors (Lipinski definition) is 3. The Morgan fingerprint density at radius 1 is 1.27 bits per heavy atom. The van der Waals surface area contributed by atoms with Crippen LogP contribution in [-0.2, 0) is 9.59 Å². The first-order valence-corrected chi connectivity index (χ1v) is 9.35. The summed E-state index contributed by atoms with van der Waals surface area (Å²) in [7, 11) is 0. The van der Waals surface area contributed by atoms with Crippen LogP contribution in [0.2, 0.25) is 5.02 Å². The van der Waals surface area contributed by atoms with Crippen LogP contribution in [0.3, 0.4) is 0 Å². The minimum Gasteiger partial charge on any atom is -0.324 e. The first-order valence-electron chi connectivity index (χ1n) is 8.97. The van der Waals surface area contributed by atoms with E-state index in [9.17, 15) is 14.4 Å². The Bertz CT molecular complexity index is 707. The van der Waals surface area contributed by atoms with Crippen LogP contribution < -0.4 is 10.6 Å². The topological polar surface area (TPSA) is 78.5 Å². The van der Waals surface area contributed by atoms with Gasteiger partial charge < -0.3 is 10.6 Å². The Balaban J connectivity index is 1.95. The summed E-state index contributed by atoms with van der Waals surface area (Å²) in [6, 6.07) is 4.63. The van der Waals surface area contributed by atoms with Gasteiger partial charge in [-0.05, 0) is 38.0 Å². The standard InChI is InChI=1S/C19H26ClN3O3/c1-4-5-6-7-10-19(3)17(25)23(18(26)22-19)12-16(24)21-14-9-8-13(2)15(20)11-14/h8-9,11H,4-7,10,12H2,1-3H3,(H,21,24)(H,22,26). The fourth-order valence-corrected chi connectivity index (χ4v) is 3.16. The van der Waals surface area contributed by atoms with Gasteiger partial charge in [-0.25, -0.2) is 4.79 Å². The molecule has 142 valence electrons. The van der Waals surface area contributed by atoms with E-state index in [0.717, 1.165) is 36.1 Å². The molecule has 1 aliphatic heterocycles. The number of nitrogens with zero attached hydrogens (tertiary/aromatic N) is 1. The van der Waals surface area contributed by atoms with Crippen LogP contribution in [0.15, 0.2) is 18.2 Å². The monoisotopic (exact) mass is 379 g/mol. The lowest BCUT2D eigenvalue weighted by atomic mass is 9.94. The zero-order chi connectivity index (χ0) is 19.3. The summed E-state index contributed by atoms with van der Waals surface area (Å²) >= 11 is 6.04. The molecule has 2 N–H and O–H groups in total. The fraction of sp³-hybridized carbons (Fsp3) is 0.526. The van der Waals surface area contributed by atoms with E-state index in [0.29, 0.717) is 17.1 Å². The fourth-order valence-electron chi connectivity index (χ4n) is 2.98. The number of rotatable bonds is 8. The third-order valence-corrected chi connectivity index (χ3v) is 5.04. The van der Waals surface area contributed by atoms with Gasteiger partial charge >= 0.3 is 6.03 Å². The molecule has 7 heteroatoms. The Morgan fingerprint density at radius 2 is 2.00 bits per heavy atom. The molecule has 1 atom stereocenters. The molecule has 0 radical (unpaired) electrons. The van der Waals surface area contributed by atoms with Crippen LogP contribution in [-0.4, -0.2) is 34.8 Å². The number of imide groups is 1. The van der Waals surface area contributed by atoms with E-state index in [1.54, 1.807) is 25.1 Å². The van der Waals surface area contributed by atoms with Crippen molar-refractivity contribution in [3.05, 3.63) is 28.8 Å². The van der Waals surface area contributed by atoms with Gasteiger partial charge in [-0.3, -0.25) is 14.5 Å². The molecule has 1 aromatic rings. The lowest BCUT2D eigenvalue weighted by Gasteiger charge is -2.21. The Labute approximate surface area is 159 Å². The number of hydrogen-bond donors (Lipinski definition) is 2. The highest BCUT2D eigenvalue weighted by Gasteiger charge is 2.47. The number of anilines is 1. The van der Waals surface area contributed by atoms with Gasteiger partial charge in [0.1, 0.15) is 12.1 Å². The molecule has 1 heterocycles. The third-order valence-electron chi connectivity index (χ3n) is 4.63. The normalized spacial score (nSPS) is 19.6. The van der Waals surface area contributed by atoms with Gasteiger partial charge in [-0.15, -0.1) is 0 Å². The van der Waals surface area contributed by atoms with E-state index in [1.807, 2.05) is 6.92 Å². The summed E-state index contributed by atoms with van der Waals surface area (Å²) in [5.41, 5.74) is 0.496. The molecule has 0 aliphatic carbocycles. The summed E-state index contributed by atoms with van der Waals surface area (Å²) in [4.78, 5) is 38.0. The molecule has 0 spiro atoms. The molecular weight excluding hydrogens is 354 g/mol. The molecule has 4 amide bonds. The van der Waals surface area contributed by atoms with Crippen molar-refractivity contribution < 1.29 is 14.4 Å². The highest BCUT2D eigenvalue weighted by atomic mass is 35.5. The highest BCUT2D eigenvalue weighted by molar-refractivity contribution is 6.31. The van der Waals surface area contributed by atoms with E-state index in [2.05, 4.69) is 17.6 Å². The molecule has 1 saturated heterocycles. The number of nitrogens with one attached hydrogen (secondary N) is 2. The number of urea groups is 1. The molecule has 0 bridgehead atoms. The number of amides is 4. The van der Waals surface area contributed by atoms with Crippen molar-refractivity contribution in [1.29, 1.82) is 0 Å². The summed E-state index contributed by atoms with van der Waals surface area (Å²) < 4.78 is 0. The van der Waals surface area contributed by atoms with Crippen molar-refractivity contribution >= 4 is 35.1 Å². The predicted molar refractivity (Wildman–Crippen MR) is 102 cm³/mol. The van der Waals surface area contributed by atoms with Crippen molar-refractivity contribution in [3.8, 4) is 0 Å². The maximum atomic E-state index is 12.6. The van der Waals surface area contributed by atoms with E-state index in [1.165, 1.54) is 0 Å². The van der Waals surface area contributed by atoms with Crippen molar-refractivity contribution in [1.82, 2.24) is 10.2 Å². The third kappa shape index (κ3) is 4.75. The Morgan fingerprint density at radius 3 is 2.65 bits per heavy atom. The van der Waals surface area contributed by atoms with Crippen molar-refractivity contribution in [3.63, 3.8) is 0 Å². The molecule has 1 unspecified atom stereocenters. The number of aryl methyl sites for hydroxylation is 1. The first-order chi connectivity index (χ1) is 12.3. The largest absolute Gasteiger partial charge is 0.325 e. The van der Waals surface area contributed by atoms with Crippen molar-refractivity contribution in [2.45, 2.75) is 58.4 Å². The molecular formula is C19H26ClN3O3. The average molecular weight is 380 g/mol. The van der Waals surface area contributed by atoms with Crippen LogP contribution in [0.25, 0.3) is 0 Å². The van der Waals surface area contributed by atoms with E-state index < -0.39 is 17.5 Å². The van der Waals surface area contributed by atoms with E-state index in [4.69, 9.17) is 11.6 Å². The molecule has 6 nitrogen and oxygen atoms in total. The Hall–Kier alpha value is -2.08. The number of carbonyl (C=O) groups excluding carboxylic acids is 3. The van der Waals surface area contributed by atoms with Crippen molar-refractivity contribution in [2.75, 3.05) is 11.9 Å². The van der Waals surface area contributed by atoms with Gasteiger partial charge in [0.2, 0.25) is 5.91 Å². The van der Waals surface area contributed by atoms with E-state index in [-0.39, 0.29) is 12.5 Å². The van der Waals surface area contributed by atoms with Gasteiger partial charge in [0.15, 0.2) is 0 Å². The lowest BCUT2D eigenvalue weighted by molar-refractivity contribution is -0.133. The Kier molecular flexibility index (Phi) is 6.64. The molecule has 1 aromatic carbocycles. The quantitative estimate of drug-likeness (QED) is 0.531. The molecule has 26 heavy (non-hydrogen) atoms. The second kappa shape index (κ2) is 8.54. The van der Waals surface area contributed by atoms with Gasteiger partial charge in [0.25, 0.3) is 5.91 Å². The van der Waals surface area contributed by atoms with Crippen LogP contribution in [0, 0.1) is 6.92 Å². The van der Waals surface area contributed by atoms with E-state index >= 15 is 0 Å². The number of carbonyl (C=O) groups is 3. The van der Waals surface area contributed by atoms with Crippen LogP contribution >= 0.6 is 11.6 Å². The SMILES string of the molecule is CCCCCCC1(C)NC(=O)N(CC(=O)Nc2ccc(C)c(Cl)c2)C1=O.